The van der Waals surface area contributed by atoms with Gasteiger partial charge in [-0.25, -0.2) is 0 Å². The first kappa shape index (κ1) is 12.6. The molecule has 0 saturated heterocycles. The van der Waals surface area contributed by atoms with E-state index in [0.717, 1.165) is 11.1 Å². The average molecular weight is 224 g/mol. The van der Waals surface area contributed by atoms with Crippen LogP contribution in [-0.2, 0) is 0 Å². The van der Waals surface area contributed by atoms with E-state index in [9.17, 15) is 4.79 Å². The minimum absolute atomic E-state index is 0.106. The smallest absolute Gasteiger partial charge is 0.159 e. The summed E-state index contributed by atoms with van der Waals surface area (Å²) in [5.74, 6) is 0.106. The molecule has 2 aromatic carbocycles. The van der Waals surface area contributed by atoms with Crippen molar-refractivity contribution in [2.45, 2.75) is 6.92 Å². The van der Waals surface area contributed by atoms with Crippen molar-refractivity contribution in [3.05, 3.63) is 60.2 Å². The largest absolute Gasteiger partial charge is 0.295 e. The zero-order valence-electron chi connectivity index (χ0n) is 9.50. The third-order valence-electron chi connectivity index (χ3n) is 2.40. The van der Waals surface area contributed by atoms with Crippen molar-refractivity contribution < 1.29 is 4.79 Å². The van der Waals surface area contributed by atoms with Gasteiger partial charge >= 0.3 is 0 Å². The molecule has 0 aliphatic carbocycles. The molecule has 0 heterocycles. The van der Waals surface area contributed by atoms with Crippen molar-refractivity contribution in [1.82, 2.24) is 0 Å². The maximum absolute atomic E-state index is 11.1. The lowest BCUT2D eigenvalue weighted by atomic mass is 10.0. The Morgan fingerprint density at radius 2 is 1.29 bits per heavy atom. The Balaban J connectivity index is 0.000000686. The van der Waals surface area contributed by atoms with Crippen LogP contribution in [-0.4, -0.2) is 5.78 Å². The minimum Gasteiger partial charge on any atom is -0.295 e. The highest BCUT2D eigenvalue weighted by atomic mass is 16.1. The lowest BCUT2D eigenvalue weighted by Gasteiger charge is -2.01. The minimum atomic E-state index is 0.106. The van der Waals surface area contributed by atoms with Crippen molar-refractivity contribution in [3.63, 3.8) is 0 Å². The summed E-state index contributed by atoms with van der Waals surface area (Å²) in [6.45, 7) is 1.58. The molecular formula is C14H12N2O. The number of carbonyl (C=O) groups is 1. The van der Waals surface area contributed by atoms with Crippen LogP contribution in [0, 0.1) is 10.8 Å². The average Bonchev–Trinajstić information content (AvgIpc) is 2.42. The second-order valence-corrected chi connectivity index (χ2v) is 3.50. The molecule has 0 spiro atoms. The van der Waals surface area contributed by atoms with Crippen molar-refractivity contribution in [2.75, 3.05) is 0 Å². The quantitative estimate of drug-likeness (QED) is 0.578. The number of nitrogens with zero attached hydrogens (tertiary/aromatic N) is 2. The highest BCUT2D eigenvalue weighted by Crippen LogP contribution is 2.19. The van der Waals surface area contributed by atoms with E-state index in [2.05, 4.69) is 12.1 Å². The SMILES string of the molecule is CC(=O)c1ccc(-c2ccccc2)cc1.N#N. The summed E-state index contributed by atoms with van der Waals surface area (Å²) in [7, 11) is 0. The van der Waals surface area contributed by atoms with Gasteiger partial charge in [0.05, 0.1) is 0 Å². The number of rotatable bonds is 2. The van der Waals surface area contributed by atoms with E-state index in [1.54, 1.807) is 6.92 Å². The molecular weight excluding hydrogens is 212 g/mol. The fourth-order valence-corrected chi connectivity index (χ4v) is 1.53. The first-order chi connectivity index (χ1) is 8.27. The first-order valence-electron chi connectivity index (χ1n) is 5.14. The Hall–Kier alpha value is -2.47. The summed E-state index contributed by atoms with van der Waals surface area (Å²) in [4.78, 5) is 11.1. The third kappa shape index (κ3) is 3.25. The van der Waals surface area contributed by atoms with Crippen molar-refractivity contribution >= 4 is 5.78 Å². The molecule has 17 heavy (non-hydrogen) atoms. The Morgan fingerprint density at radius 1 is 0.824 bits per heavy atom. The molecule has 84 valence electrons. The van der Waals surface area contributed by atoms with E-state index in [1.807, 2.05) is 42.5 Å². The molecule has 0 bridgehead atoms. The molecule has 0 unspecified atom stereocenters. The summed E-state index contributed by atoms with van der Waals surface area (Å²) in [5.41, 5.74) is 3.07. The molecule has 0 aliphatic heterocycles. The maximum atomic E-state index is 11.1. The van der Waals surface area contributed by atoms with Crippen LogP contribution >= 0.6 is 0 Å². The van der Waals surface area contributed by atoms with Gasteiger partial charge in [0.25, 0.3) is 0 Å². The standard InChI is InChI=1S/C14H12O.N2/c1-11(15)12-7-9-14(10-8-12)13-5-3-2-4-6-13;1-2/h2-10H,1H3;. The van der Waals surface area contributed by atoms with Crippen LogP contribution in [0.3, 0.4) is 0 Å². The van der Waals surface area contributed by atoms with Gasteiger partial charge in [-0.15, -0.1) is 0 Å². The number of carbonyl (C=O) groups excluding carboxylic acids is 1. The predicted octanol–water partition coefficient (Wildman–Crippen LogP) is 3.59. The van der Waals surface area contributed by atoms with Gasteiger partial charge in [0.2, 0.25) is 0 Å². The van der Waals surface area contributed by atoms with Gasteiger partial charge in [-0.05, 0) is 18.1 Å². The second kappa shape index (κ2) is 6.19. The molecule has 3 nitrogen and oxygen atoms in total. The summed E-state index contributed by atoms with van der Waals surface area (Å²) in [5, 5.41) is 12.0. The second-order valence-electron chi connectivity index (χ2n) is 3.50. The van der Waals surface area contributed by atoms with Crippen LogP contribution in [0.1, 0.15) is 17.3 Å². The first-order valence-corrected chi connectivity index (χ1v) is 5.14. The van der Waals surface area contributed by atoms with Gasteiger partial charge in [0.1, 0.15) is 0 Å². The molecule has 3 heteroatoms. The van der Waals surface area contributed by atoms with E-state index < -0.39 is 0 Å². The zero-order valence-corrected chi connectivity index (χ0v) is 9.50. The van der Waals surface area contributed by atoms with E-state index in [-0.39, 0.29) is 5.78 Å². The molecule has 0 aliphatic rings. The number of hydrogen-bond donors (Lipinski definition) is 0. The number of benzene rings is 2. The summed E-state index contributed by atoms with van der Waals surface area (Å²) >= 11 is 0. The topological polar surface area (TPSA) is 64.7 Å². The molecule has 0 amide bonds. The van der Waals surface area contributed by atoms with Gasteiger partial charge in [0.15, 0.2) is 5.78 Å². The van der Waals surface area contributed by atoms with Gasteiger partial charge in [-0.2, -0.15) is 0 Å². The number of hydrogen-bond acceptors (Lipinski definition) is 3. The Bertz CT molecular complexity index is 501. The Morgan fingerprint density at radius 3 is 1.76 bits per heavy atom. The molecule has 0 fully saturated rings. The van der Waals surface area contributed by atoms with Crippen LogP contribution in [0.25, 0.3) is 11.1 Å². The maximum Gasteiger partial charge on any atom is 0.159 e. The highest BCUT2D eigenvalue weighted by Gasteiger charge is 1.99. The number of Topliss-reactive ketones (excluding diaryl/α,β-unsaturated/α-hetero) is 1. The fourth-order valence-electron chi connectivity index (χ4n) is 1.53. The van der Waals surface area contributed by atoms with Crippen molar-refractivity contribution in [1.29, 1.82) is 10.8 Å². The van der Waals surface area contributed by atoms with E-state index in [1.165, 1.54) is 5.56 Å². The summed E-state index contributed by atoms with van der Waals surface area (Å²) in [6.07, 6.45) is 0. The van der Waals surface area contributed by atoms with Crippen molar-refractivity contribution in [3.8, 4) is 11.1 Å². The molecule has 0 saturated carbocycles. The fraction of sp³-hybridized carbons (Fsp3) is 0.0714. The van der Waals surface area contributed by atoms with Gasteiger partial charge < -0.3 is 0 Å². The van der Waals surface area contributed by atoms with Crippen LogP contribution in [0.2, 0.25) is 0 Å². The van der Waals surface area contributed by atoms with Gasteiger partial charge in [0, 0.05) is 16.3 Å². The monoisotopic (exact) mass is 224 g/mol. The highest BCUT2D eigenvalue weighted by molar-refractivity contribution is 5.94. The lowest BCUT2D eigenvalue weighted by molar-refractivity contribution is 0.101. The van der Waals surface area contributed by atoms with E-state index >= 15 is 0 Å². The Labute approximate surface area is 100 Å². The van der Waals surface area contributed by atoms with Crippen LogP contribution in [0.15, 0.2) is 54.6 Å². The third-order valence-corrected chi connectivity index (χ3v) is 2.40. The van der Waals surface area contributed by atoms with E-state index in [0.29, 0.717) is 0 Å². The lowest BCUT2D eigenvalue weighted by Crippen LogP contribution is -1.90. The molecule has 2 rings (SSSR count). The summed E-state index contributed by atoms with van der Waals surface area (Å²) in [6, 6.07) is 17.8. The normalized spacial score (nSPS) is 8.88. The molecule has 0 atom stereocenters. The Kier molecular flexibility index (Phi) is 4.58. The molecule has 2 aromatic rings. The van der Waals surface area contributed by atoms with Crippen LogP contribution < -0.4 is 0 Å². The molecule has 0 radical (unpaired) electrons. The summed E-state index contributed by atoms with van der Waals surface area (Å²) < 4.78 is 0. The number of ketones is 1. The van der Waals surface area contributed by atoms with Gasteiger partial charge in [-0.1, -0.05) is 54.6 Å². The van der Waals surface area contributed by atoms with Crippen molar-refractivity contribution in [2.24, 2.45) is 0 Å². The van der Waals surface area contributed by atoms with E-state index in [4.69, 9.17) is 10.8 Å². The molecule has 0 N–H and O–H groups in total. The van der Waals surface area contributed by atoms with Crippen LogP contribution in [0.4, 0.5) is 0 Å². The molecule has 0 aromatic heterocycles. The zero-order chi connectivity index (χ0) is 12.7. The predicted molar refractivity (Wildman–Crippen MR) is 65.3 cm³/mol. The van der Waals surface area contributed by atoms with Crippen LogP contribution in [0.5, 0.6) is 0 Å². The van der Waals surface area contributed by atoms with Gasteiger partial charge in [-0.3, -0.25) is 4.79 Å².